The Labute approximate surface area is 175 Å². The number of esters is 1. The first-order chi connectivity index (χ1) is 13.1. The van der Waals surface area contributed by atoms with Gasteiger partial charge >= 0.3 is 12.1 Å². The maximum atomic E-state index is 12.8. The van der Waals surface area contributed by atoms with E-state index in [1.165, 1.54) is 0 Å². The number of benzene rings is 1. The molecular weight excluding hydrogens is 430 g/mol. The highest BCUT2D eigenvalue weighted by atomic mass is 79.9. The molecule has 1 atom stereocenters. The summed E-state index contributed by atoms with van der Waals surface area (Å²) < 4.78 is 10.7. The van der Waals surface area contributed by atoms with Crippen molar-refractivity contribution < 1.29 is 19.1 Å². The van der Waals surface area contributed by atoms with Crippen LogP contribution in [-0.4, -0.2) is 53.5 Å². The van der Waals surface area contributed by atoms with Crippen LogP contribution in [-0.2, 0) is 20.9 Å². The number of ether oxygens (including phenoxy) is 2. The van der Waals surface area contributed by atoms with Crippen LogP contribution < -0.4 is 0 Å². The molecule has 0 aliphatic heterocycles. The summed E-state index contributed by atoms with van der Waals surface area (Å²) in [6.45, 7) is 2.75. The van der Waals surface area contributed by atoms with Crippen LogP contribution in [0.25, 0.3) is 0 Å². The fourth-order valence-corrected chi connectivity index (χ4v) is 3.45. The summed E-state index contributed by atoms with van der Waals surface area (Å²) in [5, 5.41) is 0.930. The van der Waals surface area contributed by atoms with Crippen molar-refractivity contribution in [3.8, 4) is 0 Å². The first-order valence-corrected chi connectivity index (χ1v) is 11.8. The van der Waals surface area contributed by atoms with Crippen molar-refractivity contribution in [2.45, 2.75) is 45.3 Å². The van der Waals surface area contributed by atoms with E-state index in [4.69, 9.17) is 9.47 Å². The van der Waals surface area contributed by atoms with Crippen molar-refractivity contribution >= 4 is 39.8 Å². The van der Waals surface area contributed by atoms with Gasteiger partial charge in [-0.15, -0.1) is 0 Å². The van der Waals surface area contributed by atoms with Gasteiger partial charge in [-0.1, -0.05) is 52.7 Å². The molecular formula is C20H30BrNO4S. The molecule has 0 bridgehead atoms. The summed E-state index contributed by atoms with van der Waals surface area (Å²) in [4.78, 5) is 26.8. The highest BCUT2D eigenvalue weighted by molar-refractivity contribution is 9.09. The van der Waals surface area contributed by atoms with E-state index in [1.807, 2.05) is 36.6 Å². The van der Waals surface area contributed by atoms with Gasteiger partial charge < -0.3 is 9.47 Å². The van der Waals surface area contributed by atoms with Crippen LogP contribution in [0.5, 0.6) is 0 Å². The van der Waals surface area contributed by atoms with Crippen molar-refractivity contribution in [2.24, 2.45) is 0 Å². The van der Waals surface area contributed by atoms with E-state index in [0.29, 0.717) is 19.6 Å². The molecule has 0 saturated heterocycles. The molecule has 0 heterocycles. The molecule has 7 heteroatoms. The Balaban J connectivity index is 2.82. The molecule has 27 heavy (non-hydrogen) atoms. The van der Waals surface area contributed by atoms with E-state index in [9.17, 15) is 9.59 Å². The molecule has 1 aromatic rings. The van der Waals surface area contributed by atoms with Crippen LogP contribution in [0.2, 0.25) is 0 Å². The number of nitrogens with zero attached hydrogens (tertiary/aromatic N) is 1. The Kier molecular flexibility index (Phi) is 13.1. The third kappa shape index (κ3) is 9.51. The Morgan fingerprint density at radius 3 is 2.52 bits per heavy atom. The van der Waals surface area contributed by atoms with Crippen molar-refractivity contribution in [1.29, 1.82) is 0 Å². The van der Waals surface area contributed by atoms with Gasteiger partial charge in [0.2, 0.25) is 0 Å². The fourth-order valence-electron chi connectivity index (χ4n) is 2.60. The van der Waals surface area contributed by atoms with E-state index in [2.05, 4.69) is 15.9 Å². The van der Waals surface area contributed by atoms with Crippen LogP contribution in [0.1, 0.15) is 38.2 Å². The number of alkyl halides is 1. The van der Waals surface area contributed by atoms with E-state index in [1.54, 1.807) is 23.6 Å². The maximum absolute atomic E-state index is 12.8. The summed E-state index contributed by atoms with van der Waals surface area (Å²) in [6.07, 6.45) is 4.90. The third-order valence-electron chi connectivity index (χ3n) is 4.00. The van der Waals surface area contributed by atoms with Crippen molar-refractivity contribution in [3.05, 3.63) is 35.9 Å². The molecule has 5 nitrogen and oxygen atoms in total. The quantitative estimate of drug-likeness (QED) is 0.239. The molecule has 0 aliphatic carbocycles. The van der Waals surface area contributed by atoms with Crippen LogP contribution in [0.3, 0.4) is 0 Å². The molecule has 1 rings (SSSR count). The zero-order valence-electron chi connectivity index (χ0n) is 16.2. The number of hydrogen-bond donors (Lipinski definition) is 0. The molecule has 0 saturated carbocycles. The molecule has 1 amide bonds. The molecule has 0 radical (unpaired) electrons. The number of unbranched alkanes of at least 4 members (excludes halogenated alkanes) is 2. The smallest absolute Gasteiger partial charge is 0.410 e. The SMILES string of the molecule is CCOC(=O)[C@H](CCSC)N(CCCCCBr)C(=O)OCc1ccccc1. The van der Waals surface area contributed by atoms with Gasteiger partial charge in [-0.25, -0.2) is 9.59 Å². The minimum atomic E-state index is -0.607. The monoisotopic (exact) mass is 459 g/mol. The van der Waals surface area contributed by atoms with Crippen molar-refractivity contribution in [2.75, 3.05) is 30.5 Å². The summed E-state index contributed by atoms with van der Waals surface area (Å²) in [5.74, 6) is 0.413. The Hall–Kier alpha value is -1.21. The van der Waals surface area contributed by atoms with Gasteiger partial charge in [-0.3, -0.25) is 4.90 Å². The number of rotatable bonds is 13. The summed E-state index contributed by atoms with van der Waals surface area (Å²) >= 11 is 5.07. The average Bonchev–Trinajstić information content (AvgIpc) is 2.69. The van der Waals surface area contributed by atoms with Crippen LogP contribution in [0.4, 0.5) is 4.79 Å². The molecule has 1 aromatic carbocycles. The third-order valence-corrected chi connectivity index (χ3v) is 5.21. The number of hydrogen-bond acceptors (Lipinski definition) is 5. The highest BCUT2D eigenvalue weighted by Gasteiger charge is 2.31. The lowest BCUT2D eigenvalue weighted by atomic mass is 10.1. The molecule has 0 N–H and O–H groups in total. The lowest BCUT2D eigenvalue weighted by Crippen LogP contribution is -2.47. The largest absolute Gasteiger partial charge is 0.464 e. The molecule has 0 aliphatic rings. The maximum Gasteiger partial charge on any atom is 0.410 e. The van der Waals surface area contributed by atoms with Gasteiger partial charge in [0.15, 0.2) is 0 Å². The minimum absolute atomic E-state index is 0.190. The summed E-state index contributed by atoms with van der Waals surface area (Å²) in [7, 11) is 0. The fraction of sp³-hybridized carbons (Fsp3) is 0.600. The van der Waals surface area contributed by atoms with Gasteiger partial charge in [-0.2, -0.15) is 11.8 Å². The number of halogens is 1. The number of carbonyl (C=O) groups excluding carboxylic acids is 2. The zero-order valence-corrected chi connectivity index (χ0v) is 18.6. The second-order valence-electron chi connectivity index (χ2n) is 6.03. The average molecular weight is 460 g/mol. The first kappa shape index (κ1) is 23.8. The van der Waals surface area contributed by atoms with E-state index in [0.717, 1.165) is 35.9 Å². The van der Waals surface area contributed by atoms with E-state index < -0.39 is 12.1 Å². The van der Waals surface area contributed by atoms with Gasteiger partial charge in [0.25, 0.3) is 0 Å². The van der Waals surface area contributed by atoms with E-state index in [-0.39, 0.29) is 12.6 Å². The van der Waals surface area contributed by atoms with Crippen molar-refractivity contribution in [3.63, 3.8) is 0 Å². The highest BCUT2D eigenvalue weighted by Crippen LogP contribution is 2.15. The molecule has 0 unspecified atom stereocenters. The standard InChI is InChI=1S/C20H30BrNO4S/c1-3-25-19(23)18(12-15-27-2)22(14-9-5-8-13-21)20(24)26-16-17-10-6-4-7-11-17/h4,6-7,10-11,18H,3,5,8-9,12-16H2,1-2H3/t18-/m0/s1. The Morgan fingerprint density at radius 2 is 1.89 bits per heavy atom. The summed E-state index contributed by atoms with van der Waals surface area (Å²) in [5.41, 5.74) is 0.918. The predicted octanol–water partition coefficient (Wildman–Crippen LogP) is 4.88. The first-order valence-electron chi connectivity index (χ1n) is 9.32. The second kappa shape index (κ2) is 14.8. The number of amides is 1. The topological polar surface area (TPSA) is 55.8 Å². The molecule has 152 valence electrons. The number of thioether (sulfide) groups is 1. The molecule has 0 fully saturated rings. The van der Waals surface area contributed by atoms with Crippen LogP contribution in [0, 0.1) is 0 Å². The van der Waals surface area contributed by atoms with Crippen molar-refractivity contribution in [1.82, 2.24) is 4.90 Å². The van der Waals surface area contributed by atoms with Crippen LogP contribution in [0.15, 0.2) is 30.3 Å². The lowest BCUT2D eigenvalue weighted by Gasteiger charge is -2.29. The van der Waals surface area contributed by atoms with E-state index >= 15 is 0 Å². The predicted molar refractivity (Wildman–Crippen MR) is 114 cm³/mol. The van der Waals surface area contributed by atoms with Gasteiger partial charge in [0.1, 0.15) is 12.6 Å². The number of carbonyl (C=O) groups is 2. The normalized spacial score (nSPS) is 11.7. The lowest BCUT2D eigenvalue weighted by molar-refractivity contribution is -0.149. The Bertz CT molecular complexity index is 544. The molecule has 0 spiro atoms. The second-order valence-corrected chi connectivity index (χ2v) is 7.81. The minimum Gasteiger partial charge on any atom is -0.464 e. The zero-order chi connectivity index (χ0) is 19.9. The van der Waals surface area contributed by atoms with Gasteiger partial charge in [0.05, 0.1) is 6.61 Å². The Morgan fingerprint density at radius 1 is 1.15 bits per heavy atom. The summed E-state index contributed by atoms with van der Waals surface area (Å²) in [6, 6.07) is 8.93. The molecule has 0 aromatic heterocycles. The van der Waals surface area contributed by atoms with Gasteiger partial charge in [0, 0.05) is 11.9 Å². The van der Waals surface area contributed by atoms with Crippen LogP contribution >= 0.6 is 27.7 Å². The van der Waals surface area contributed by atoms with Gasteiger partial charge in [-0.05, 0) is 43.8 Å².